The summed E-state index contributed by atoms with van der Waals surface area (Å²) < 4.78 is 0. The number of anilines is 2. The number of hydrogen-bond donors (Lipinski definition) is 2. The molecule has 0 atom stereocenters. The van der Waals surface area contributed by atoms with Crippen molar-refractivity contribution < 1.29 is 0 Å². The van der Waals surface area contributed by atoms with Gasteiger partial charge in [0.25, 0.3) is 0 Å². The molecule has 0 bridgehead atoms. The van der Waals surface area contributed by atoms with E-state index in [0.29, 0.717) is 5.11 Å². The predicted molar refractivity (Wildman–Crippen MR) is 84.7 cm³/mol. The highest BCUT2D eigenvalue weighted by molar-refractivity contribution is 7.80. The molecule has 0 saturated carbocycles. The van der Waals surface area contributed by atoms with Crippen LogP contribution in [0.5, 0.6) is 0 Å². The summed E-state index contributed by atoms with van der Waals surface area (Å²) in [7, 11) is 0. The van der Waals surface area contributed by atoms with Gasteiger partial charge >= 0.3 is 0 Å². The average Bonchev–Trinajstić information content (AvgIpc) is 2.37. The summed E-state index contributed by atoms with van der Waals surface area (Å²) in [5.41, 5.74) is 4.55. The standard InChI is InChI=1S/C15H17N3S/c1-10-6-7-13(9-12(10)3)17-15(19)18-14-11(2)5-4-8-16-14/h4-9H,1-3H3,(H2,16,17,18,19). The number of rotatable bonds is 2. The number of pyridine rings is 1. The molecule has 0 amide bonds. The Morgan fingerprint density at radius 3 is 2.47 bits per heavy atom. The van der Waals surface area contributed by atoms with Gasteiger partial charge in [-0.05, 0) is 67.9 Å². The third kappa shape index (κ3) is 3.51. The summed E-state index contributed by atoms with van der Waals surface area (Å²) >= 11 is 5.29. The average molecular weight is 271 g/mol. The second-order valence-corrected chi connectivity index (χ2v) is 4.96. The highest BCUT2D eigenvalue weighted by atomic mass is 32.1. The zero-order valence-electron chi connectivity index (χ0n) is 11.3. The van der Waals surface area contributed by atoms with Gasteiger partial charge in [-0.15, -0.1) is 0 Å². The lowest BCUT2D eigenvalue weighted by Crippen LogP contribution is -2.20. The van der Waals surface area contributed by atoms with E-state index in [1.54, 1.807) is 6.20 Å². The quantitative estimate of drug-likeness (QED) is 0.814. The van der Waals surface area contributed by atoms with Crippen LogP contribution in [0.15, 0.2) is 36.5 Å². The van der Waals surface area contributed by atoms with Crippen molar-refractivity contribution in [1.82, 2.24) is 4.98 Å². The molecule has 4 heteroatoms. The van der Waals surface area contributed by atoms with Gasteiger partial charge in [-0.1, -0.05) is 12.1 Å². The lowest BCUT2D eigenvalue weighted by Gasteiger charge is -2.12. The molecule has 1 aromatic heterocycles. The van der Waals surface area contributed by atoms with Crippen LogP contribution in [-0.4, -0.2) is 10.1 Å². The normalized spacial score (nSPS) is 10.1. The van der Waals surface area contributed by atoms with E-state index in [0.717, 1.165) is 17.1 Å². The van der Waals surface area contributed by atoms with Gasteiger partial charge in [-0.2, -0.15) is 0 Å². The van der Waals surface area contributed by atoms with Crippen molar-refractivity contribution in [2.24, 2.45) is 0 Å². The molecule has 1 heterocycles. The highest BCUT2D eigenvalue weighted by Gasteiger charge is 2.03. The summed E-state index contributed by atoms with van der Waals surface area (Å²) in [6.07, 6.45) is 1.74. The van der Waals surface area contributed by atoms with Crippen LogP contribution in [0.3, 0.4) is 0 Å². The van der Waals surface area contributed by atoms with E-state index < -0.39 is 0 Å². The first-order valence-electron chi connectivity index (χ1n) is 6.13. The zero-order valence-corrected chi connectivity index (χ0v) is 12.1. The smallest absolute Gasteiger partial charge is 0.176 e. The van der Waals surface area contributed by atoms with E-state index >= 15 is 0 Å². The van der Waals surface area contributed by atoms with Crippen molar-refractivity contribution in [3.8, 4) is 0 Å². The Bertz CT molecular complexity index is 608. The summed E-state index contributed by atoms with van der Waals surface area (Å²) in [6, 6.07) is 10.1. The fraction of sp³-hybridized carbons (Fsp3) is 0.200. The topological polar surface area (TPSA) is 37.0 Å². The number of aryl methyl sites for hydroxylation is 3. The molecular formula is C15H17N3S. The third-order valence-electron chi connectivity index (χ3n) is 3.01. The number of nitrogens with one attached hydrogen (secondary N) is 2. The van der Waals surface area contributed by atoms with Crippen molar-refractivity contribution in [1.29, 1.82) is 0 Å². The van der Waals surface area contributed by atoms with Gasteiger partial charge in [0.1, 0.15) is 5.82 Å². The molecule has 3 nitrogen and oxygen atoms in total. The molecule has 0 radical (unpaired) electrons. The Morgan fingerprint density at radius 1 is 1.00 bits per heavy atom. The van der Waals surface area contributed by atoms with E-state index in [2.05, 4.69) is 41.6 Å². The summed E-state index contributed by atoms with van der Waals surface area (Å²) in [6.45, 7) is 6.17. The molecule has 98 valence electrons. The molecule has 0 unspecified atom stereocenters. The van der Waals surface area contributed by atoms with Gasteiger partial charge in [0.2, 0.25) is 0 Å². The Morgan fingerprint density at radius 2 is 1.79 bits per heavy atom. The van der Waals surface area contributed by atoms with Crippen molar-refractivity contribution in [3.63, 3.8) is 0 Å². The van der Waals surface area contributed by atoms with Gasteiger partial charge in [0.15, 0.2) is 5.11 Å². The largest absolute Gasteiger partial charge is 0.332 e. The van der Waals surface area contributed by atoms with E-state index in [-0.39, 0.29) is 0 Å². The fourth-order valence-corrected chi connectivity index (χ4v) is 1.92. The molecular weight excluding hydrogens is 254 g/mol. The lowest BCUT2D eigenvalue weighted by molar-refractivity contribution is 1.27. The first-order valence-corrected chi connectivity index (χ1v) is 6.54. The Hall–Kier alpha value is -1.94. The number of nitrogens with zero attached hydrogens (tertiary/aromatic N) is 1. The Labute approximate surface area is 119 Å². The molecule has 1 aromatic carbocycles. The van der Waals surface area contributed by atoms with Crippen molar-refractivity contribution in [3.05, 3.63) is 53.2 Å². The Balaban J connectivity index is 2.05. The SMILES string of the molecule is Cc1ccc(NC(=S)Nc2ncccc2C)cc1C. The van der Waals surface area contributed by atoms with Crippen LogP contribution >= 0.6 is 12.2 Å². The van der Waals surface area contributed by atoms with Crippen LogP contribution in [0.2, 0.25) is 0 Å². The minimum Gasteiger partial charge on any atom is -0.332 e. The van der Waals surface area contributed by atoms with Gasteiger partial charge in [-0.25, -0.2) is 4.98 Å². The first-order chi connectivity index (χ1) is 9.06. The lowest BCUT2D eigenvalue weighted by atomic mass is 10.1. The highest BCUT2D eigenvalue weighted by Crippen LogP contribution is 2.15. The second-order valence-electron chi connectivity index (χ2n) is 4.55. The number of aromatic nitrogens is 1. The number of benzene rings is 1. The maximum atomic E-state index is 5.29. The van der Waals surface area contributed by atoms with E-state index in [1.807, 2.05) is 25.1 Å². The summed E-state index contributed by atoms with van der Waals surface area (Å²) in [4.78, 5) is 4.25. The van der Waals surface area contributed by atoms with Crippen LogP contribution in [0.25, 0.3) is 0 Å². The predicted octanol–water partition coefficient (Wildman–Crippen LogP) is 3.82. The van der Waals surface area contributed by atoms with Gasteiger partial charge in [0, 0.05) is 11.9 Å². The maximum Gasteiger partial charge on any atom is 0.176 e. The molecule has 0 aliphatic rings. The van der Waals surface area contributed by atoms with E-state index in [1.165, 1.54) is 11.1 Å². The summed E-state index contributed by atoms with van der Waals surface area (Å²) in [5.74, 6) is 0.781. The molecule has 0 spiro atoms. The summed E-state index contributed by atoms with van der Waals surface area (Å²) in [5, 5.41) is 6.81. The van der Waals surface area contributed by atoms with Crippen LogP contribution in [0.1, 0.15) is 16.7 Å². The zero-order chi connectivity index (χ0) is 13.8. The van der Waals surface area contributed by atoms with Crippen LogP contribution < -0.4 is 10.6 Å². The van der Waals surface area contributed by atoms with Crippen molar-refractivity contribution in [2.45, 2.75) is 20.8 Å². The fourth-order valence-electron chi connectivity index (χ4n) is 1.71. The van der Waals surface area contributed by atoms with E-state index in [9.17, 15) is 0 Å². The Kier molecular flexibility index (Phi) is 4.12. The van der Waals surface area contributed by atoms with Gasteiger partial charge < -0.3 is 10.6 Å². The van der Waals surface area contributed by atoms with Gasteiger partial charge in [-0.3, -0.25) is 0 Å². The van der Waals surface area contributed by atoms with Gasteiger partial charge in [0.05, 0.1) is 0 Å². The first kappa shape index (κ1) is 13.5. The maximum absolute atomic E-state index is 5.29. The monoisotopic (exact) mass is 271 g/mol. The third-order valence-corrected chi connectivity index (χ3v) is 3.21. The van der Waals surface area contributed by atoms with Crippen molar-refractivity contribution in [2.75, 3.05) is 10.6 Å². The molecule has 0 saturated heterocycles. The molecule has 19 heavy (non-hydrogen) atoms. The minimum absolute atomic E-state index is 0.546. The van der Waals surface area contributed by atoms with Crippen molar-refractivity contribution >= 4 is 28.8 Å². The number of hydrogen-bond acceptors (Lipinski definition) is 2. The molecule has 2 N–H and O–H groups in total. The minimum atomic E-state index is 0.546. The number of thiocarbonyl (C=S) groups is 1. The molecule has 2 rings (SSSR count). The van der Waals surface area contributed by atoms with Crippen LogP contribution in [-0.2, 0) is 0 Å². The van der Waals surface area contributed by atoms with E-state index in [4.69, 9.17) is 12.2 Å². The van der Waals surface area contributed by atoms with Crippen LogP contribution in [0.4, 0.5) is 11.5 Å². The molecule has 0 aliphatic carbocycles. The second kappa shape index (κ2) is 5.80. The van der Waals surface area contributed by atoms with Crippen LogP contribution in [0, 0.1) is 20.8 Å². The molecule has 2 aromatic rings. The molecule has 0 aliphatic heterocycles. The molecule has 0 fully saturated rings.